The van der Waals surface area contributed by atoms with Crippen molar-refractivity contribution >= 4 is 31.8 Å². The van der Waals surface area contributed by atoms with Gasteiger partial charge in [0.1, 0.15) is 0 Å². The SMILES string of the molecule is O.O.O=[As]12[O][Ga]([O]1)[O]2. The predicted octanol–water partition coefficient (Wildman–Crippen LogP) is -2.74. The zero-order chi connectivity index (χ0) is 4.20. The van der Waals surface area contributed by atoms with Crippen molar-refractivity contribution in [2.75, 3.05) is 0 Å². The zero-order valence-corrected chi connectivity index (χ0v) is 7.96. The molecule has 0 amide bonds. The molecule has 3 aliphatic heterocycles. The van der Waals surface area contributed by atoms with E-state index in [1.165, 1.54) is 0 Å². The monoisotopic (exact) mass is 244 g/mol. The number of hydrogen-bond acceptors (Lipinski definition) is 4. The van der Waals surface area contributed by atoms with Crippen molar-refractivity contribution in [1.82, 2.24) is 0 Å². The van der Waals surface area contributed by atoms with Crippen molar-refractivity contribution in [3.05, 3.63) is 0 Å². The summed E-state index contributed by atoms with van der Waals surface area (Å²) in [6, 6.07) is 0. The Morgan fingerprint density at radius 2 is 1.38 bits per heavy atom. The van der Waals surface area contributed by atoms with Crippen LogP contribution < -0.4 is 0 Å². The molecule has 3 saturated heterocycles. The quantitative estimate of drug-likeness (QED) is 0.431. The second-order valence-corrected chi connectivity index (χ2v) is 12.4. The molecule has 8 heavy (non-hydrogen) atoms. The van der Waals surface area contributed by atoms with Gasteiger partial charge in [-0.05, 0) is 0 Å². The van der Waals surface area contributed by atoms with Gasteiger partial charge >= 0.3 is 43.1 Å². The second kappa shape index (κ2) is 2.20. The van der Waals surface area contributed by atoms with Crippen LogP contribution in [0.5, 0.6) is 0 Å². The van der Waals surface area contributed by atoms with Gasteiger partial charge in [0.15, 0.2) is 0 Å². The number of hydrogen-bond donors (Lipinski definition) is 0. The van der Waals surface area contributed by atoms with E-state index in [4.69, 9.17) is 0 Å². The van der Waals surface area contributed by atoms with Crippen molar-refractivity contribution in [3.8, 4) is 0 Å². The third-order valence-corrected chi connectivity index (χ3v) is 17.4. The van der Waals surface area contributed by atoms with Crippen molar-refractivity contribution < 1.29 is 22.2 Å². The fourth-order valence-electron chi connectivity index (χ4n) is 0.340. The molecule has 3 rings (SSSR count). The maximum atomic E-state index is 10.2. The van der Waals surface area contributed by atoms with Crippen LogP contribution in [0.1, 0.15) is 0 Å². The summed E-state index contributed by atoms with van der Waals surface area (Å²) in [4.78, 5) is 0. The normalized spacial score (nSPS) is 25.8. The first kappa shape index (κ1) is 8.79. The number of rotatable bonds is 0. The molecule has 2 bridgehead atoms. The van der Waals surface area contributed by atoms with Crippen LogP contribution in [0.15, 0.2) is 0 Å². The van der Waals surface area contributed by atoms with Crippen LogP contribution >= 0.6 is 0 Å². The minimum atomic E-state index is -3.25. The molecular formula is H4AsGaO6. The van der Waals surface area contributed by atoms with Gasteiger partial charge < -0.3 is 11.0 Å². The first-order valence-electron chi connectivity index (χ1n) is 1.44. The molecule has 0 atom stereocenters. The van der Waals surface area contributed by atoms with Crippen molar-refractivity contribution in [3.63, 3.8) is 0 Å². The average Bonchev–Trinajstić information content (AvgIpc) is 1.24. The molecule has 6 nitrogen and oxygen atoms in total. The molecule has 4 N–H and O–H groups in total. The third-order valence-electron chi connectivity index (χ3n) is 0.645. The van der Waals surface area contributed by atoms with Gasteiger partial charge in [0, 0.05) is 0 Å². The van der Waals surface area contributed by atoms with Crippen LogP contribution in [-0.4, -0.2) is 42.8 Å². The molecule has 3 aliphatic rings. The average molecular weight is 245 g/mol. The van der Waals surface area contributed by atoms with Crippen LogP contribution in [-0.2, 0) is 11.3 Å². The van der Waals surface area contributed by atoms with E-state index in [2.05, 4.69) is 7.56 Å². The van der Waals surface area contributed by atoms with Gasteiger partial charge in [-0.1, -0.05) is 0 Å². The molecule has 0 aromatic heterocycles. The van der Waals surface area contributed by atoms with Gasteiger partial charge in [-0.3, -0.25) is 0 Å². The summed E-state index contributed by atoms with van der Waals surface area (Å²) in [5.74, 6) is 0. The molecule has 48 valence electrons. The molecule has 8 heteroatoms. The minimum absolute atomic E-state index is 0. The molecule has 0 aromatic carbocycles. The van der Waals surface area contributed by atoms with Crippen LogP contribution in [0, 0.1) is 0 Å². The maximum absolute atomic E-state index is 10.2. The van der Waals surface area contributed by atoms with Gasteiger partial charge in [0.05, 0.1) is 0 Å². The van der Waals surface area contributed by atoms with E-state index in [0.717, 1.165) is 0 Å². The Bertz CT molecular complexity index is 107. The van der Waals surface area contributed by atoms with Crippen molar-refractivity contribution in [2.24, 2.45) is 0 Å². The standard InChI is InChI=1S/AsH3O4.Ga.2H2O/c2-1(3,4)5;;;/h(H3,2,3,4,5);;2*1H2/q;+3;;/p-3. The third kappa shape index (κ3) is 0.915. The summed E-state index contributed by atoms with van der Waals surface area (Å²) in [6.45, 7) is 0. The predicted molar refractivity (Wildman–Crippen MR) is 22.7 cm³/mol. The molecule has 3 fully saturated rings. The van der Waals surface area contributed by atoms with Gasteiger partial charge in [-0.25, -0.2) is 0 Å². The molecule has 0 aromatic rings. The van der Waals surface area contributed by atoms with E-state index in [9.17, 15) is 3.74 Å². The van der Waals surface area contributed by atoms with E-state index >= 15 is 0 Å². The van der Waals surface area contributed by atoms with E-state index < -0.39 is 31.8 Å². The Balaban J connectivity index is 0.000000245. The topological polar surface area (TPSA) is 108 Å². The molecule has 0 radical (unpaired) electrons. The first-order valence-corrected chi connectivity index (χ1v) is 7.47. The Morgan fingerprint density at radius 1 is 1.12 bits per heavy atom. The summed E-state index contributed by atoms with van der Waals surface area (Å²) in [5, 5.41) is 0. The fourth-order valence-corrected chi connectivity index (χ4v) is 9.18. The van der Waals surface area contributed by atoms with Crippen LogP contribution in [0.3, 0.4) is 0 Å². The van der Waals surface area contributed by atoms with Gasteiger partial charge in [0.25, 0.3) is 0 Å². The molecular weight excluding hydrogens is 241 g/mol. The van der Waals surface area contributed by atoms with E-state index in [0.29, 0.717) is 0 Å². The summed E-state index contributed by atoms with van der Waals surface area (Å²) >= 11 is -5.26. The summed E-state index contributed by atoms with van der Waals surface area (Å²) in [5.41, 5.74) is 0. The van der Waals surface area contributed by atoms with E-state index in [1.54, 1.807) is 0 Å². The Hall–Kier alpha value is 0.795. The molecule has 0 unspecified atom stereocenters. The Morgan fingerprint density at radius 3 is 1.38 bits per heavy atom. The fraction of sp³-hybridized carbons (Fsp3) is 0. The zero-order valence-electron chi connectivity index (χ0n) is 3.66. The molecule has 0 aliphatic carbocycles. The van der Waals surface area contributed by atoms with Gasteiger partial charge in [-0.15, -0.1) is 0 Å². The Kier molecular flexibility index (Phi) is 2.42. The molecule has 0 spiro atoms. The first-order chi connectivity index (χ1) is 2.79. The van der Waals surface area contributed by atoms with Crippen molar-refractivity contribution in [2.45, 2.75) is 0 Å². The second-order valence-electron chi connectivity index (χ2n) is 1.05. The molecule has 3 heterocycles. The summed E-state index contributed by atoms with van der Waals surface area (Å²) in [7, 11) is 0. The summed E-state index contributed by atoms with van der Waals surface area (Å²) < 4.78 is 23.9. The van der Waals surface area contributed by atoms with Crippen molar-refractivity contribution in [1.29, 1.82) is 0 Å². The van der Waals surface area contributed by atoms with Crippen LogP contribution in [0.2, 0.25) is 0 Å². The van der Waals surface area contributed by atoms with Gasteiger partial charge in [0.2, 0.25) is 0 Å². The van der Waals surface area contributed by atoms with Crippen LogP contribution in [0.25, 0.3) is 0 Å². The van der Waals surface area contributed by atoms with Gasteiger partial charge in [-0.2, -0.15) is 0 Å². The molecule has 0 saturated carbocycles. The summed E-state index contributed by atoms with van der Waals surface area (Å²) in [6.07, 6.45) is 0. The van der Waals surface area contributed by atoms with E-state index in [1.807, 2.05) is 0 Å². The van der Waals surface area contributed by atoms with E-state index in [-0.39, 0.29) is 11.0 Å². The Labute approximate surface area is 54.3 Å². The van der Waals surface area contributed by atoms with Crippen LogP contribution in [0.4, 0.5) is 0 Å².